The minimum Gasteiger partial charge on any atom is -0.444 e. The summed E-state index contributed by atoms with van der Waals surface area (Å²) < 4.78 is 5.35. The van der Waals surface area contributed by atoms with Crippen molar-refractivity contribution in [3.8, 4) is 0 Å². The maximum Gasteiger partial charge on any atom is 0.410 e. The van der Waals surface area contributed by atoms with Crippen molar-refractivity contribution in [1.29, 1.82) is 0 Å². The monoisotopic (exact) mass is 336 g/mol. The van der Waals surface area contributed by atoms with Crippen molar-refractivity contribution >= 4 is 11.8 Å². The molecule has 1 aromatic carbocycles. The maximum absolute atomic E-state index is 12.4. The Morgan fingerprint density at radius 1 is 1.17 bits per heavy atom. The van der Waals surface area contributed by atoms with Crippen molar-refractivity contribution in [2.75, 3.05) is 13.1 Å². The molecule has 1 aromatic rings. The smallest absolute Gasteiger partial charge is 0.410 e. The standard InChI is InChI=1S/C18H28N2O4/c1-5-14(3)11-19(12-15(4)6-2)18(21)24-13-16-9-7-8-10-17(16)20(22)23/h7-10,14-15H,5-6,11-13H2,1-4H3. The second-order valence-electron chi connectivity index (χ2n) is 6.37. The molecule has 0 fully saturated rings. The van der Waals surface area contributed by atoms with Gasteiger partial charge in [-0.15, -0.1) is 0 Å². The van der Waals surface area contributed by atoms with Crippen LogP contribution in [0.3, 0.4) is 0 Å². The van der Waals surface area contributed by atoms with Crippen LogP contribution < -0.4 is 0 Å². The number of nitrogens with zero attached hydrogens (tertiary/aromatic N) is 2. The lowest BCUT2D eigenvalue weighted by Crippen LogP contribution is -2.38. The molecule has 0 aromatic heterocycles. The van der Waals surface area contributed by atoms with E-state index in [-0.39, 0.29) is 12.3 Å². The van der Waals surface area contributed by atoms with Gasteiger partial charge in [-0.05, 0) is 17.9 Å². The van der Waals surface area contributed by atoms with Gasteiger partial charge < -0.3 is 9.64 Å². The highest BCUT2D eigenvalue weighted by atomic mass is 16.6. The van der Waals surface area contributed by atoms with E-state index in [0.29, 0.717) is 30.5 Å². The number of amides is 1. The molecule has 0 aliphatic rings. The van der Waals surface area contributed by atoms with E-state index in [9.17, 15) is 14.9 Å². The van der Waals surface area contributed by atoms with E-state index < -0.39 is 11.0 Å². The van der Waals surface area contributed by atoms with Crippen LogP contribution in [0.2, 0.25) is 0 Å². The number of rotatable bonds is 9. The molecule has 0 bridgehead atoms. The highest BCUT2D eigenvalue weighted by molar-refractivity contribution is 5.67. The molecule has 1 rings (SSSR count). The van der Waals surface area contributed by atoms with E-state index in [2.05, 4.69) is 27.7 Å². The number of ether oxygens (including phenoxy) is 1. The molecule has 0 spiro atoms. The van der Waals surface area contributed by atoms with Gasteiger partial charge in [-0.1, -0.05) is 52.7 Å². The van der Waals surface area contributed by atoms with Crippen LogP contribution in [0.1, 0.15) is 46.1 Å². The third-order valence-corrected chi connectivity index (χ3v) is 4.26. The number of para-hydroxylation sites is 1. The molecule has 1 amide bonds. The van der Waals surface area contributed by atoms with E-state index in [1.165, 1.54) is 6.07 Å². The van der Waals surface area contributed by atoms with Gasteiger partial charge in [-0.3, -0.25) is 10.1 Å². The van der Waals surface area contributed by atoms with E-state index in [1.54, 1.807) is 23.1 Å². The Bertz CT molecular complexity index is 536. The van der Waals surface area contributed by atoms with Crippen molar-refractivity contribution in [2.24, 2.45) is 11.8 Å². The van der Waals surface area contributed by atoms with Gasteiger partial charge in [-0.2, -0.15) is 0 Å². The quantitative estimate of drug-likeness (QED) is 0.487. The number of benzene rings is 1. The predicted molar refractivity (Wildman–Crippen MR) is 93.8 cm³/mol. The summed E-state index contributed by atoms with van der Waals surface area (Å²) in [7, 11) is 0. The first-order valence-electron chi connectivity index (χ1n) is 8.52. The summed E-state index contributed by atoms with van der Waals surface area (Å²) in [5, 5.41) is 11.0. The van der Waals surface area contributed by atoms with Crippen LogP contribution in [-0.2, 0) is 11.3 Å². The first-order chi connectivity index (χ1) is 11.4. The number of nitro groups is 1. The normalized spacial score (nSPS) is 13.2. The van der Waals surface area contributed by atoms with Gasteiger partial charge in [-0.25, -0.2) is 4.79 Å². The molecule has 2 atom stereocenters. The zero-order chi connectivity index (χ0) is 18.1. The molecule has 0 saturated heterocycles. The number of hydrogen-bond acceptors (Lipinski definition) is 4. The Labute approximate surface area is 143 Å². The highest BCUT2D eigenvalue weighted by Gasteiger charge is 2.21. The average Bonchev–Trinajstić information content (AvgIpc) is 2.58. The van der Waals surface area contributed by atoms with Crippen LogP contribution in [0.4, 0.5) is 10.5 Å². The molecule has 2 unspecified atom stereocenters. The Hall–Kier alpha value is -2.11. The molecule has 24 heavy (non-hydrogen) atoms. The molecule has 0 radical (unpaired) electrons. The SMILES string of the molecule is CCC(C)CN(CC(C)CC)C(=O)OCc1ccccc1[N+](=O)[O-]. The van der Waals surface area contributed by atoms with Gasteiger partial charge in [0.15, 0.2) is 0 Å². The Kier molecular flexibility index (Phi) is 8.22. The van der Waals surface area contributed by atoms with Crippen LogP contribution in [0.25, 0.3) is 0 Å². The van der Waals surface area contributed by atoms with Gasteiger partial charge in [0.25, 0.3) is 5.69 Å². The molecular weight excluding hydrogens is 308 g/mol. The fourth-order valence-electron chi connectivity index (χ4n) is 2.28. The van der Waals surface area contributed by atoms with Gasteiger partial charge >= 0.3 is 6.09 Å². The molecule has 6 heteroatoms. The molecule has 0 saturated carbocycles. The van der Waals surface area contributed by atoms with E-state index in [1.807, 2.05) is 0 Å². The molecule has 6 nitrogen and oxygen atoms in total. The van der Waals surface area contributed by atoms with Crippen LogP contribution in [0.5, 0.6) is 0 Å². The molecule has 0 N–H and O–H groups in total. The second kappa shape index (κ2) is 9.90. The largest absolute Gasteiger partial charge is 0.444 e. The van der Waals surface area contributed by atoms with Crippen molar-refractivity contribution in [2.45, 2.75) is 47.1 Å². The number of nitro benzene ring substituents is 1. The zero-order valence-corrected chi connectivity index (χ0v) is 15.0. The summed E-state index contributed by atoms with van der Waals surface area (Å²) in [5.41, 5.74) is 0.378. The average molecular weight is 336 g/mol. The minimum absolute atomic E-state index is 0.0271. The molecular formula is C18H28N2O4. The third-order valence-electron chi connectivity index (χ3n) is 4.26. The van der Waals surface area contributed by atoms with Gasteiger partial charge in [0.2, 0.25) is 0 Å². The number of hydrogen-bond donors (Lipinski definition) is 0. The first kappa shape index (κ1) is 19.9. The fraction of sp³-hybridized carbons (Fsp3) is 0.611. The van der Waals surface area contributed by atoms with Gasteiger partial charge in [0.1, 0.15) is 6.61 Å². The van der Waals surface area contributed by atoms with Gasteiger partial charge in [0.05, 0.1) is 10.5 Å². The molecule has 0 aliphatic heterocycles. The topological polar surface area (TPSA) is 72.7 Å². The van der Waals surface area contributed by atoms with Crippen LogP contribution in [-0.4, -0.2) is 29.0 Å². The lowest BCUT2D eigenvalue weighted by molar-refractivity contribution is -0.385. The molecule has 0 heterocycles. The van der Waals surface area contributed by atoms with E-state index >= 15 is 0 Å². The summed E-state index contributed by atoms with van der Waals surface area (Å²) in [6.07, 6.45) is 1.55. The predicted octanol–water partition coefficient (Wildman–Crippen LogP) is 4.63. The maximum atomic E-state index is 12.4. The summed E-state index contributed by atoms with van der Waals surface area (Å²) in [5.74, 6) is 0.764. The lowest BCUT2D eigenvalue weighted by Gasteiger charge is -2.27. The number of carbonyl (C=O) groups is 1. The number of carbonyl (C=O) groups excluding carboxylic acids is 1. The van der Waals surface area contributed by atoms with Crippen molar-refractivity contribution < 1.29 is 14.5 Å². The summed E-state index contributed by atoms with van der Waals surface area (Å²) >= 11 is 0. The van der Waals surface area contributed by atoms with Crippen LogP contribution >= 0.6 is 0 Å². The molecule has 0 aliphatic carbocycles. The first-order valence-corrected chi connectivity index (χ1v) is 8.52. The summed E-state index contributed by atoms with van der Waals surface area (Å²) in [4.78, 5) is 24.7. The van der Waals surface area contributed by atoms with Gasteiger partial charge in [0, 0.05) is 19.2 Å². The minimum atomic E-state index is -0.459. The van der Waals surface area contributed by atoms with Crippen molar-refractivity contribution in [3.63, 3.8) is 0 Å². The second-order valence-corrected chi connectivity index (χ2v) is 6.37. The van der Waals surface area contributed by atoms with Crippen LogP contribution in [0.15, 0.2) is 24.3 Å². The Balaban J connectivity index is 2.75. The van der Waals surface area contributed by atoms with E-state index in [4.69, 9.17) is 4.74 Å². The third kappa shape index (κ3) is 6.18. The molecule has 134 valence electrons. The summed E-state index contributed by atoms with van der Waals surface area (Å²) in [6, 6.07) is 6.33. The lowest BCUT2D eigenvalue weighted by atomic mass is 10.1. The highest BCUT2D eigenvalue weighted by Crippen LogP contribution is 2.19. The Morgan fingerprint density at radius 2 is 1.71 bits per heavy atom. The fourth-order valence-corrected chi connectivity index (χ4v) is 2.28. The van der Waals surface area contributed by atoms with Crippen molar-refractivity contribution in [3.05, 3.63) is 39.9 Å². The zero-order valence-electron chi connectivity index (χ0n) is 15.0. The summed E-state index contributed by atoms with van der Waals surface area (Å²) in [6.45, 7) is 9.55. The van der Waals surface area contributed by atoms with Crippen LogP contribution in [0, 0.1) is 22.0 Å². The van der Waals surface area contributed by atoms with E-state index in [0.717, 1.165) is 12.8 Å². The Morgan fingerprint density at radius 3 is 2.21 bits per heavy atom. The van der Waals surface area contributed by atoms with Crippen molar-refractivity contribution in [1.82, 2.24) is 4.90 Å².